The number of aromatic nitrogens is 1. The molecule has 2 rings (SSSR count). The van der Waals surface area contributed by atoms with Crippen molar-refractivity contribution >= 4 is 0 Å². The van der Waals surface area contributed by atoms with Crippen LogP contribution in [-0.2, 0) is 6.61 Å². The zero-order chi connectivity index (χ0) is 13.3. The lowest BCUT2D eigenvalue weighted by Gasteiger charge is -2.10. The second-order valence-corrected chi connectivity index (χ2v) is 3.51. The van der Waals surface area contributed by atoms with E-state index in [9.17, 15) is 17.6 Å². The fraction of sp³-hybridized carbons (Fsp3) is 0.0833. The summed E-state index contributed by atoms with van der Waals surface area (Å²) in [5, 5.41) is 8.68. The molecule has 2 nitrogen and oxygen atoms in total. The van der Waals surface area contributed by atoms with Crippen molar-refractivity contribution in [2.45, 2.75) is 6.61 Å². The lowest BCUT2D eigenvalue weighted by molar-refractivity contribution is 0.263. The number of rotatable bonds is 2. The molecular formula is C12H7F4NO. The molecule has 0 bridgehead atoms. The smallest absolute Gasteiger partial charge is 0.170 e. The van der Waals surface area contributed by atoms with Gasteiger partial charge in [0.1, 0.15) is 0 Å². The van der Waals surface area contributed by atoms with Crippen LogP contribution in [0.25, 0.3) is 11.1 Å². The van der Waals surface area contributed by atoms with E-state index >= 15 is 0 Å². The summed E-state index contributed by atoms with van der Waals surface area (Å²) in [5.41, 5.74) is -1.96. The number of hydrogen-bond acceptors (Lipinski definition) is 2. The van der Waals surface area contributed by atoms with Gasteiger partial charge in [0.15, 0.2) is 23.3 Å². The first kappa shape index (κ1) is 12.5. The molecule has 0 unspecified atom stereocenters. The lowest BCUT2D eigenvalue weighted by Crippen LogP contribution is -2.06. The minimum absolute atomic E-state index is 0.0882. The summed E-state index contributed by atoms with van der Waals surface area (Å²) in [6.45, 7) is -1.13. The third-order valence-corrected chi connectivity index (χ3v) is 2.46. The Morgan fingerprint density at radius 1 is 1.00 bits per heavy atom. The van der Waals surface area contributed by atoms with Gasteiger partial charge in [-0.15, -0.1) is 0 Å². The predicted molar refractivity (Wildman–Crippen MR) is 55.4 cm³/mol. The molecule has 0 radical (unpaired) electrons. The van der Waals surface area contributed by atoms with E-state index in [0.29, 0.717) is 0 Å². The number of halogens is 4. The summed E-state index contributed by atoms with van der Waals surface area (Å²) in [4.78, 5) is 3.62. The van der Waals surface area contributed by atoms with Crippen LogP contribution in [0.3, 0.4) is 0 Å². The minimum Gasteiger partial charge on any atom is -0.391 e. The molecule has 0 aliphatic carbocycles. The molecule has 0 saturated carbocycles. The van der Waals surface area contributed by atoms with Crippen LogP contribution in [0, 0.1) is 23.3 Å². The highest BCUT2D eigenvalue weighted by Gasteiger charge is 2.25. The van der Waals surface area contributed by atoms with Crippen molar-refractivity contribution in [3.05, 3.63) is 53.4 Å². The van der Waals surface area contributed by atoms with E-state index in [1.54, 1.807) is 0 Å². The van der Waals surface area contributed by atoms with Crippen LogP contribution in [0.15, 0.2) is 24.5 Å². The minimum atomic E-state index is -1.60. The normalized spacial score (nSPS) is 10.7. The van der Waals surface area contributed by atoms with Gasteiger partial charge in [-0.3, -0.25) is 4.98 Å². The fourth-order valence-electron chi connectivity index (χ4n) is 1.58. The maximum absolute atomic E-state index is 13.7. The van der Waals surface area contributed by atoms with Gasteiger partial charge in [0.25, 0.3) is 0 Å². The Morgan fingerprint density at radius 2 is 1.61 bits per heavy atom. The summed E-state index contributed by atoms with van der Waals surface area (Å²) in [5.74, 6) is -6.30. The van der Waals surface area contributed by atoms with Gasteiger partial charge in [-0.25, -0.2) is 17.6 Å². The maximum atomic E-state index is 13.7. The molecule has 1 aromatic heterocycles. The molecule has 2 aromatic rings. The summed E-state index contributed by atoms with van der Waals surface area (Å²) < 4.78 is 54.2. The zero-order valence-corrected chi connectivity index (χ0v) is 8.92. The van der Waals surface area contributed by atoms with Crippen molar-refractivity contribution in [1.82, 2.24) is 4.98 Å². The zero-order valence-electron chi connectivity index (χ0n) is 8.92. The molecule has 6 heteroatoms. The molecule has 0 saturated heterocycles. The van der Waals surface area contributed by atoms with Crippen LogP contribution in [0.4, 0.5) is 17.6 Å². The van der Waals surface area contributed by atoms with Gasteiger partial charge >= 0.3 is 0 Å². The molecule has 0 aliphatic rings. The van der Waals surface area contributed by atoms with Gasteiger partial charge < -0.3 is 5.11 Å². The molecule has 0 fully saturated rings. The van der Waals surface area contributed by atoms with Crippen LogP contribution >= 0.6 is 0 Å². The Bertz CT molecular complexity index is 557. The first-order chi connectivity index (χ1) is 8.57. The number of pyridine rings is 1. The molecule has 1 aromatic carbocycles. The molecule has 0 aliphatic heterocycles. The van der Waals surface area contributed by atoms with Gasteiger partial charge in [-0.05, 0) is 6.07 Å². The van der Waals surface area contributed by atoms with E-state index in [4.69, 9.17) is 5.11 Å². The summed E-state index contributed by atoms with van der Waals surface area (Å²) >= 11 is 0. The predicted octanol–water partition coefficient (Wildman–Crippen LogP) is 2.80. The molecule has 0 amide bonds. The number of aliphatic hydroxyl groups is 1. The first-order valence-corrected chi connectivity index (χ1v) is 4.94. The lowest BCUT2D eigenvalue weighted by atomic mass is 10.0. The van der Waals surface area contributed by atoms with E-state index in [-0.39, 0.29) is 5.56 Å². The van der Waals surface area contributed by atoms with Crippen molar-refractivity contribution in [3.8, 4) is 11.1 Å². The highest BCUT2D eigenvalue weighted by Crippen LogP contribution is 2.31. The number of aliphatic hydroxyl groups excluding tert-OH is 1. The Labute approximate surface area is 99.5 Å². The van der Waals surface area contributed by atoms with E-state index in [1.807, 2.05) is 0 Å². The highest BCUT2D eigenvalue weighted by atomic mass is 19.2. The van der Waals surface area contributed by atoms with Crippen molar-refractivity contribution in [1.29, 1.82) is 0 Å². The summed E-state index contributed by atoms with van der Waals surface area (Å²) in [7, 11) is 0. The molecule has 1 heterocycles. The molecule has 0 atom stereocenters. The maximum Gasteiger partial charge on any atom is 0.170 e. The number of benzene rings is 1. The van der Waals surface area contributed by atoms with E-state index < -0.39 is 41.0 Å². The van der Waals surface area contributed by atoms with Crippen LogP contribution in [0.5, 0.6) is 0 Å². The SMILES string of the molecule is OCc1c(F)c(F)c(-c2cccnc2)c(F)c1F. The van der Waals surface area contributed by atoms with Crippen molar-refractivity contribution in [2.75, 3.05) is 0 Å². The van der Waals surface area contributed by atoms with E-state index in [0.717, 1.165) is 6.20 Å². The second-order valence-electron chi connectivity index (χ2n) is 3.51. The quantitative estimate of drug-likeness (QED) is 0.663. The second kappa shape index (κ2) is 4.73. The Hall–Kier alpha value is -1.95. The molecule has 94 valence electrons. The van der Waals surface area contributed by atoms with Crippen LogP contribution in [0.1, 0.15) is 5.56 Å². The largest absolute Gasteiger partial charge is 0.391 e. The number of hydrogen-bond donors (Lipinski definition) is 1. The molecule has 0 spiro atoms. The van der Waals surface area contributed by atoms with Gasteiger partial charge in [0.05, 0.1) is 17.7 Å². The van der Waals surface area contributed by atoms with Crippen LogP contribution in [0.2, 0.25) is 0 Å². The van der Waals surface area contributed by atoms with Crippen molar-refractivity contribution < 1.29 is 22.7 Å². The molecule has 18 heavy (non-hydrogen) atoms. The highest BCUT2D eigenvalue weighted by molar-refractivity contribution is 5.64. The monoisotopic (exact) mass is 257 g/mol. The van der Waals surface area contributed by atoms with Gasteiger partial charge in [-0.2, -0.15) is 0 Å². The third-order valence-electron chi connectivity index (χ3n) is 2.46. The average molecular weight is 257 g/mol. The van der Waals surface area contributed by atoms with Crippen LogP contribution in [-0.4, -0.2) is 10.1 Å². The van der Waals surface area contributed by atoms with E-state index in [2.05, 4.69) is 4.98 Å². The Kier molecular flexibility index (Phi) is 3.29. The van der Waals surface area contributed by atoms with Crippen LogP contribution < -0.4 is 0 Å². The van der Waals surface area contributed by atoms with Gasteiger partial charge in [-0.1, -0.05) is 6.07 Å². The van der Waals surface area contributed by atoms with Crippen molar-refractivity contribution in [2.24, 2.45) is 0 Å². The molecular weight excluding hydrogens is 250 g/mol. The third kappa shape index (κ3) is 1.84. The first-order valence-electron chi connectivity index (χ1n) is 4.94. The topological polar surface area (TPSA) is 33.1 Å². The summed E-state index contributed by atoms with van der Waals surface area (Å²) in [6, 6.07) is 2.65. The Balaban J connectivity index is 2.78. The van der Waals surface area contributed by atoms with Gasteiger partial charge in [0, 0.05) is 18.0 Å². The number of nitrogens with zero attached hydrogens (tertiary/aromatic N) is 1. The van der Waals surface area contributed by atoms with E-state index in [1.165, 1.54) is 18.3 Å². The Morgan fingerprint density at radius 3 is 2.06 bits per heavy atom. The standard InChI is InChI=1S/C12H7F4NO/c13-9-7(5-18)10(14)12(16)8(11(9)15)6-2-1-3-17-4-6/h1-4,18H,5H2. The van der Waals surface area contributed by atoms with Crippen molar-refractivity contribution in [3.63, 3.8) is 0 Å². The molecule has 1 N–H and O–H groups in total. The summed E-state index contributed by atoms with van der Waals surface area (Å²) in [6.07, 6.45) is 2.44. The fourth-order valence-corrected chi connectivity index (χ4v) is 1.58. The average Bonchev–Trinajstić information content (AvgIpc) is 2.39. The van der Waals surface area contributed by atoms with Gasteiger partial charge in [0.2, 0.25) is 0 Å².